The van der Waals surface area contributed by atoms with Gasteiger partial charge in [-0.2, -0.15) is 5.10 Å². The number of rotatable bonds is 5. The predicted octanol–water partition coefficient (Wildman–Crippen LogP) is 3.63. The van der Waals surface area contributed by atoms with Gasteiger partial charge in [0.15, 0.2) is 4.34 Å². The SMILES string of the molecule is C/C(=N/NC(=O)CSc1nc2ccccc2s1)c1ccccc1O. The van der Waals surface area contributed by atoms with Crippen LogP contribution in [0.3, 0.4) is 0 Å². The van der Waals surface area contributed by atoms with Crippen molar-refractivity contribution in [2.24, 2.45) is 5.10 Å². The van der Waals surface area contributed by atoms with Gasteiger partial charge in [0.1, 0.15) is 5.75 Å². The van der Waals surface area contributed by atoms with Gasteiger partial charge in [-0.1, -0.05) is 36.0 Å². The standard InChI is InChI=1S/C17H15N3O2S2/c1-11(12-6-2-4-8-14(12)21)19-20-16(22)10-23-17-18-13-7-3-5-9-15(13)24-17/h2-9,21H,10H2,1H3,(H,20,22)/b19-11-. The summed E-state index contributed by atoms with van der Waals surface area (Å²) in [4.78, 5) is 16.4. The quantitative estimate of drug-likeness (QED) is 0.415. The fourth-order valence-electron chi connectivity index (χ4n) is 2.06. The number of nitrogens with zero attached hydrogens (tertiary/aromatic N) is 2. The summed E-state index contributed by atoms with van der Waals surface area (Å²) in [6.07, 6.45) is 0. The van der Waals surface area contributed by atoms with E-state index >= 15 is 0 Å². The van der Waals surface area contributed by atoms with E-state index in [9.17, 15) is 9.90 Å². The van der Waals surface area contributed by atoms with Crippen molar-refractivity contribution in [3.8, 4) is 5.75 Å². The number of para-hydroxylation sites is 2. The van der Waals surface area contributed by atoms with Gasteiger partial charge in [-0.15, -0.1) is 11.3 Å². The van der Waals surface area contributed by atoms with Gasteiger partial charge in [0, 0.05) is 5.56 Å². The maximum atomic E-state index is 11.9. The first kappa shape index (κ1) is 16.5. The molecule has 0 aliphatic carbocycles. The Morgan fingerprint density at radius 1 is 1.25 bits per heavy atom. The summed E-state index contributed by atoms with van der Waals surface area (Å²) >= 11 is 2.95. The van der Waals surface area contributed by atoms with Crippen molar-refractivity contribution >= 4 is 44.9 Å². The van der Waals surface area contributed by atoms with Crippen LogP contribution in [-0.4, -0.2) is 27.5 Å². The summed E-state index contributed by atoms with van der Waals surface area (Å²) in [5.74, 6) is 0.156. The number of aromatic hydroxyl groups is 1. The largest absolute Gasteiger partial charge is 0.507 e. The maximum absolute atomic E-state index is 11.9. The van der Waals surface area contributed by atoms with Crippen molar-refractivity contribution in [1.82, 2.24) is 10.4 Å². The van der Waals surface area contributed by atoms with Gasteiger partial charge in [0.05, 0.1) is 21.7 Å². The average molecular weight is 357 g/mol. The third-order valence-electron chi connectivity index (χ3n) is 3.24. The van der Waals surface area contributed by atoms with Crippen molar-refractivity contribution in [2.75, 3.05) is 5.75 Å². The molecule has 0 saturated carbocycles. The van der Waals surface area contributed by atoms with Crippen LogP contribution in [0.4, 0.5) is 0 Å². The molecule has 7 heteroatoms. The molecule has 0 unspecified atom stereocenters. The molecule has 3 aromatic rings. The molecule has 24 heavy (non-hydrogen) atoms. The minimum Gasteiger partial charge on any atom is -0.507 e. The summed E-state index contributed by atoms with van der Waals surface area (Å²) in [5, 5.41) is 13.8. The number of carbonyl (C=O) groups is 1. The Hall–Kier alpha value is -2.38. The summed E-state index contributed by atoms with van der Waals surface area (Å²) in [6.45, 7) is 1.73. The van der Waals surface area contributed by atoms with E-state index in [-0.39, 0.29) is 17.4 Å². The molecular formula is C17H15N3O2S2. The molecule has 122 valence electrons. The highest BCUT2D eigenvalue weighted by Gasteiger charge is 2.08. The zero-order chi connectivity index (χ0) is 16.9. The third kappa shape index (κ3) is 3.93. The second-order valence-electron chi connectivity index (χ2n) is 4.99. The first-order chi connectivity index (χ1) is 11.6. The minimum atomic E-state index is -0.214. The van der Waals surface area contributed by atoms with E-state index in [0.717, 1.165) is 14.6 Å². The van der Waals surface area contributed by atoms with Crippen LogP contribution in [0.1, 0.15) is 12.5 Å². The number of carbonyl (C=O) groups excluding carboxylic acids is 1. The molecule has 5 nitrogen and oxygen atoms in total. The van der Waals surface area contributed by atoms with E-state index < -0.39 is 0 Å². The number of aromatic nitrogens is 1. The summed E-state index contributed by atoms with van der Waals surface area (Å²) in [6, 6.07) is 14.7. The van der Waals surface area contributed by atoms with Gasteiger partial charge in [-0.3, -0.25) is 4.79 Å². The lowest BCUT2D eigenvalue weighted by Crippen LogP contribution is -2.21. The van der Waals surface area contributed by atoms with E-state index in [2.05, 4.69) is 15.5 Å². The van der Waals surface area contributed by atoms with Gasteiger partial charge in [0.25, 0.3) is 5.91 Å². The number of hydrazone groups is 1. The molecule has 3 rings (SSSR count). The number of hydrogen-bond donors (Lipinski definition) is 2. The lowest BCUT2D eigenvalue weighted by atomic mass is 10.1. The third-order valence-corrected chi connectivity index (χ3v) is 5.42. The van der Waals surface area contributed by atoms with Crippen LogP contribution < -0.4 is 5.43 Å². The van der Waals surface area contributed by atoms with E-state index in [4.69, 9.17) is 0 Å². The first-order valence-corrected chi connectivity index (χ1v) is 9.03. The Kier molecular flexibility index (Phi) is 5.12. The second-order valence-corrected chi connectivity index (χ2v) is 7.24. The van der Waals surface area contributed by atoms with Gasteiger partial charge < -0.3 is 5.11 Å². The number of hydrogen-bond acceptors (Lipinski definition) is 6. The van der Waals surface area contributed by atoms with E-state index in [1.54, 1.807) is 42.5 Å². The van der Waals surface area contributed by atoms with E-state index in [0.29, 0.717) is 11.3 Å². The van der Waals surface area contributed by atoms with Crippen molar-refractivity contribution < 1.29 is 9.90 Å². The molecule has 0 bridgehead atoms. The Labute approximate surface area is 147 Å². The molecule has 2 aromatic carbocycles. The number of thioether (sulfide) groups is 1. The number of benzene rings is 2. The summed E-state index contributed by atoms with van der Waals surface area (Å²) in [5.41, 5.74) is 4.59. The summed E-state index contributed by atoms with van der Waals surface area (Å²) in [7, 11) is 0. The number of nitrogens with one attached hydrogen (secondary N) is 1. The molecule has 2 N–H and O–H groups in total. The van der Waals surface area contributed by atoms with Crippen LogP contribution in [0.15, 0.2) is 58.0 Å². The van der Waals surface area contributed by atoms with Gasteiger partial charge >= 0.3 is 0 Å². The van der Waals surface area contributed by atoms with Crippen LogP contribution in [0.2, 0.25) is 0 Å². The van der Waals surface area contributed by atoms with Crippen molar-refractivity contribution in [3.63, 3.8) is 0 Å². The number of thiazole rings is 1. The average Bonchev–Trinajstić information content (AvgIpc) is 3.01. The lowest BCUT2D eigenvalue weighted by Gasteiger charge is -2.04. The van der Waals surface area contributed by atoms with Crippen molar-refractivity contribution in [2.45, 2.75) is 11.3 Å². The fourth-order valence-corrected chi connectivity index (χ4v) is 3.92. The van der Waals surface area contributed by atoms with Crippen LogP contribution in [0, 0.1) is 0 Å². The van der Waals surface area contributed by atoms with Crippen LogP contribution >= 0.6 is 23.1 Å². The van der Waals surface area contributed by atoms with E-state index in [1.165, 1.54) is 11.8 Å². The number of amides is 1. The number of phenols is 1. The Balaban J connectivity index is 1.57. The smallest absolute Gasteiger partial charge is 0.250 e. The monoisotopic (exact) mass is 357 g/mol. The molecule has 0 fully saturated rings. The molecule has 0 radical (unpaired) electrons. The molecular weight excluding hydrogens is 342 g/mol. The Morgan fingerprint density at radius 2 is 2.00 bits per heavy atom. The number of phenolic OH excluding ortho intramolecular Hbond substituents is 1. The highest BCUT2D eigenvalue weighted by atomic mass is 32.2. The zero-order valence-corrected chi connectivity index (χ0v) is 14.5. The predicted molar refractivity (Wildman–Crippen MR) is 98.8 cm³/mol. The summed E-state index contributed by atoms with van der Waals surface area (Å²) < 4.78 is 1.96. The van der Waals surface area contributed by atoms with Gasteiger partial charge in [-0.25, -0.2) is 10.4 Å². The molecule has 1 amide bonds. The van der Waals surface area contributed by atoms with Crippen LogP contribution in [0.25, 0.3) is 10.2 Å². The van der Waals surface area contributed by atoms with Crippen molar-refractivity contribution in [3.05, 3.63) is 54.1 Å². The molecule has 0 aliphatic rings. The van der Waals surface area contributed by atoms with Crippen molar-refractivity contribution in [1.29, 1.82) is 0 Å². The zero-order valence-electron chi connectivity index (χ0n) is 12.9. The molecule has 0 aliphatic heterocycles. The Morgan fingerprint density at radius 3 is 2.79 bits per heavy atom. The van der Waals surface area contributed by atoms with Crippen LogP contribution in [0.5, 0.6) is 5.75 Å². The molecule has 0 atom stereocenters. The normalized spacial score (nSPS) is 11.6. The molecule has 0 spiro atoms. The first-order valence-electron chi connectivity index (χ1n) is 7.23. The maximum Gasteiger partial charge on any atom is 0.250 e. The highest BCUT2D eigenvalue weighted by Crippen LogP contribution is 2.29. The lowest BCUT2D eigenvalue weighted by molar-refractivity contribution is -0.118. The van der Waals surface area contributed by atoms with Gasteiger partial charge in [0.2, 0.25) is 0 Å². The molecule has 1 heterocycles. The minimum absolute atomic E-state index is 0.136. The number of fused-ring (bicyclic) bond motifs is 1. The van der Waals surface area contributed by atoms with Gasteiger partial charge in [-0.05, 0) is 31.2 Å². The van der Waals surface area contributed by atoms with E-state index in [1.807, 2.05) is 24.3 Å². The second kappa shape index (κ2) is 7.46. The molecule has 0 saturated heterocycles. The Bertz CT molecular complexity index is 872. The molecule has 1 aromatic heterocycles. The van der Waals surface area contributed by atoms with Crippen LogP contribution in [-0.2, 0) is 4.79 Å². The topological polar surface area (TPSA) is 74.6 Å². The highest BCUT2D eigenvalue weighted by molar-refractivity contribution is 8.01. The fraction of sp³-hybridized carbons (Fsp3) is 0.118.